The van der Waals surface area contributed by atoms with Gasteiger partial charge in [0.2, 0.25) is 0 Å². The first kappa shape index (κ1) is 13.5. The fourth-order valence-electron chi connectivity index (χ4n) is 3.17. The van der Waals surface area contributed by atoms with Crippen LogP contribution < -0.4 is 11.1 Å². The molecule has 0 spiro atoms. The quantitative estimate of drug-likeness (QED) is 0.639. The zero-order valence-corrected chi connectivity index (χ0v) is 12.1. The number of aliphatic imine (C=N–C) groups is 1. The number of rotatable bonds is 5. The minimum absolute atomic E-state index is 0.240. The van der Waals surface area contributed by atoms with Crippen LogP contribution in [0.15, 0.2) is 35.3 Å². The number of nitrogens with one attached hydrogen (secondary N) is 1. The second kappa shape index (κ2) is 5.86. The molecule has 0 aliphatic heterocycles. The van der Waals surface area contributed by atoms with Gasteiger partial charge in [-0.2, -0.15) is 0 Å². The molecular weight excluding hydrogens is 246 g/mol. The van der Waals surface area contributed by atoms with Crippen LogP contribution in [0.1, 0.15) is 44.1 Å². The SMILES string of the molecule is NC(=NCC1(c2ccccc2)CCC1)NCC1CCC1. The molecule has 0 aromatic heterocycles. The van der Waals surface area contributed by atoms with Gasteiger partial charge in [0, 0.05) is 12.0 Å². The Morgan fingerprint density at radius 3 is 2.50 bits per heavy atom. The van der Waals surface area contributed by atoms with Crippen molar-refractivity contribution in [2.45, 2.75) is 43.9 Å². The molecule has 3 nitrogen and oxygen atoms in total. The number of benzene rings is 1. The molecule has 20 heavy (non-hydrogen) atoms. The highest BCUT2D eigenvalue weighted by atomic mass is 15.1. The van der Waals surface area contributed by atoms with Crippen LogP contribution >= 0.6 is 0 Å². The van der Waals surface area contributed by atoms with Gasteiger partial charge in [0.15, 0.2) is 5.96 Å². The third kappa shape index (κ3) is 2.82. The standard InChI is InChI=1S/C17H25N3/c18-16(19-12-14-6-4-7-14)20-13-17(10-5-11-17)15-8-2-1-3-9-15/h1-3,8-9,14H,4-7,10-13H2,(H3,18,19,20). The van der Waals surface area contributed by atoms with Crippen molar-refractivity contribution in [3.8, 4) is 0 Å². The van der Waals surface area contributed by atoms with Crippen LogP contribution in [0.5, 0.6) is 0 Å². The van der Waals surface area contributed by atoms with Crippen LogP contribution in [0, 0.1) is 5.92 Å². The van der Waals surface area contributed by atoms with Crippen LogP contribution in [0.3, 0.4) is 0 Å². The van der Waals surface area contributed by atoms with E-state index in [-0.39, 0.29) is 5.41 Å². The number of hydrogen-bond donors (Lipinski definition) is 2. The molecule has 2 aliphatic rings. The molecule has 0 heterocycles. The molecule has 2 saturated carbocycles. The third-order valence-electron chi connectivity index (χ3n) is 5.05. The maximum Gasteiger partial charge on any atom is 0.188 e. The summed E-state index contributed by atoms with van der Waals surface area (Å²) in [5.74, 6) is 1.44. The number of nitrogens with two attached hydrogens (primary N) is 1. The summed E-state index contributed by atoms with van der Waals surface area (Å²) in [4.78, 5) is 4.61. The Balaban J connectivity index is 1.57. The fourth-order valence-corrected chi connectivity index (χ4v) is 3.17. The largest absolute Gasteiger partial charge is 0.370 e. The molecule has 108 valence electrons. The second-order valence-corrected chi connectivity index (χ2v) is 6.38. The maximum atomic E-state index is 6.00. The Kier molecular flexibility index (Phi) is 3.95. The summed E-state index contributed by atoms with van der Waals surface area (Å²) in [6, 6.07) is 10.8. The lowest BCUT2D eigenvalue weighted by atomic mass is 9.64. The van der Waals surface area contributed by atoms with Crippen molar-refractivity contribution in [1.82, 2.24) is 5.32 Å². The molecule has 0 atom stereocenters. The normalized spacial score (nSPS) is 21.9. The third-order valence-corrected chi connectivity index (χ3v) is 5.05. The van der Waals surface area contributed by atoms with Crippen molar-refractivity contribution in [3.63, 3.8) is 0 Å². The minimum Gasteiger partial charge on any atom is -0.370 e. The van der Waals surface area contributed by atoms with E-state index in [4.69, 9.17) is 5.73 Å². The van der Waals surface area contributed by atoms with Crippen LogP contribution in [0.2, 0.25) is 0 Å². The van der Waals surface area contributed by atoms with E-state index in [1.807, 2.05) is 0 Å². The molecule has 0 saturated heterocycles. The number of hydrogen-bond acceptors (Lipinski definition) is 1. The van der Waals surface area contributed by atoms with E-state index in [1.165, 1.54) is 44.1 Å². The van der Waals surface area contributed by atoms with E-state index >= 15 is 0 Å². The van der Waals surface area contributed by atoms with Gasteiger partial charge in [-0.05, 0) is 37.2 Å². The highest BCUT2D eigenvalue weighted by Crippen LogP contribution is 2.43. The van der Waals surface area contributed by atoms with Crippen molar-refractivity contribution >= 4 is 5.96 Å². The smallest absolute Gasteiger partial charge is 0.188 e. The molecule has 3 heteroatoms. The molecule has 0 radical (unpaired) electrons. The van der Waals surface area contributed by atoms with Gasteiger partial charge in [-0.15, -0.1) is 0 Å². The lowest BCUT2D eigenvalue weighted by molar-refractivity contribution is 0.253. The first-order valence-corrected chi connectivity index (χ1v) is 7.88. The van der Waals surface area contributed by atoms with Crippen LogP contribution in [-0.2, 0) is 5.41 Å². The highest BCUT2D eigenvalue weighted by molar-refractivity contribution is 5.77. The van der Waals surface area contributed by atoms with E-state index < -0.39 is 0 Å². The second-order valence-electron chi connectivity index (χ2n) is 6.38. The first-order valence-electron chi connectivity index (χ1n) is 7.88. The highest BCUT2D eigenvalue weighted by Gasteiger charge is 2.38. The van der Waals surface area contributed by atoms with E-state index in [1.54, 1.807) is 0 Å². The molecule has 3 rings (SSSR count). The molecule has 0 amide bonds. The monoisotopic (exact) mass is 271 g/mol. The molecule has 0 bridgehead atoms. The van der Waals surface area contributed by atoms with E-state index in [0.29, 0.717) is 5.96 Å². The summed E-state index contributed by atoms with van der Waals surface area (Å²) in [7, 11) is 0. The Morgan fingerprint density at radius 2 is 1.95 bits per heavy atom. The van der Waals surface area contributed by atoms with Crippen LogP contribution in [-0.4, -0.2) is 19.0 Å². The van der Waals surface area contributed by atoms with Gasteiger partial charge in [0.05, 0.1) is 6.54 Å². The van der Waals surface area contributed by atoms with Gasteiger partial charge in [0.1, 0.15) is 0 Å². The Bertz CT molecular complexity index is 458. The zero-order valence-electron chi connectivity index (χ0n) is 12.1. The number of nitrogens with zero attached hydrogens (tertiary/aromatic N) is 1. The first-order chi connectivity index (χ1) is 9.78. The van der Waals surface area contributed by atoms with Crippen molar-refractivity contribution < 1.29 is 0 Å². The predicted octanol–water partition coefficient (Wildman–Crippen LogP) is 2.81. The van der Waals surface area contributed by atoms with Crippen LogP contribution in [0.4, 0.5) is 0 Å². The molecule has 2 aliphatic carbocycles. The molecule has 1 aromatic carbocycles. The van der Waals surface area contributed by atoms with Crippen molar-refractivity contribution in [1.29, 1.82) is 0 Å². The summed E-state index contributed by atoms with van der Waals surface area (Å²) in [5.41, 5.74) is 7.66. The van der Waals surface area contributed by atoms with Gasteiger partial charge in [-0.3, -0.25) is 4.99 Å². The maximum absolute atomic E-state index is 6.00. The average Bonchev–Trinajstić information content (AvgIpc) is 2.37. The minimum atomic E-state index is 0.240. The van der Waals surface area contributed by atoms with Gasteiger partial charge in [-0.25, -0.2) is 0 Å². The Hall–Kier alpha value is -1.51. The van der Waals surface area contributed by atoms with Gasteiger partial charge in [0.25, 0.3) is 0 Å². The summed E-state index contributed by atoms with van der Waals surface area (Å²) < 4.78 is 0. The van der Waals surface area contributed by atoms with Crippen molar-refractivity contribution in [2.24, 2.45) is 16.6 Å². The van der Waals surface area contributed by atoms with Crippen molar-refractivity contribution in [3.05, 3.63) is 35.9 Å². The van der Waals surface area contributed by atoms with Crippen LogP contribution in [0.25, 0.3) is 0 Å². The lowest BCUT2D eigenvalue weighted by Gasteiger charge is -2.41. The van der Waals surface area contributed by atoms with Crippen molar-refractivity contribution in [2.75, 3.05) is 13.1 Å². The van der Waals surface area contributed by atoms with E-state index in [9.17, 15) is 0 Å². The van der Waals surface area contributed by atoms with Gasteiger partial charge < -0.3 is 11.1 Å². The fraction of sp³-hybridized carbons (Fsp3) is 0.588. The summed E-state index contributed by atoms with van der Waals surface area (Å²) >= 11 is 0. The Labute approximate surface area is 121 Å². The average molecular weight is 271 g/mol. The molecule has 0 unspecified atom stereocenters. The van der Waals surface area contributed by atoms with E-state index in [2.05, 4.69) is 40.6 Å². The van der Waals surface area contributed by atoms with Gasteiger partial charge in [-0.1, -0.05) is 43.2 Å². The predicted molar refractivity (Wildman–Crippen MR) is 83.8 cm³/mol. The topological polar surface area (TPSA) is 50.4 Å². The molecule has 3 N–H and O–H groups in total. The molecule has 1 aromatic rings. The lowest BCUT2D eigenvalue weighted by Crippen LogP contribution is -2.41. The molecular formula is C17H25N3. The molecule has 2 fully saturated rings. The number of guanidine groups is 1. The van der Waals surface area contributed by atoms with E-state index in [0.717, 1.165) is 19.0 Å². The zero-order chi connectivity index (χ0) is 13.8. The van der Waals surface area contributed by atoms with Gasteiger partial charge >= 0.3 is 0 Å². The summed E-state index contributed by atoms with van der Waals surface area (Å²) in [5, 5.41) is 3.28. The Morgan fingerprint density at radius 1 is 1.20 bits per heavy atom. The summed E-state index contributed by atoms with van der Waals surface area (Å²) in [6.07, 6.45) is 7.83. The summed E-state index contributed by atoms with van der Waals surface area (Å²) in [6.45, 7) is 1.81.